The molecule has 0 aromatic carbocycles. The molecule has 0 bridgehead atoms. The number of rotatable bonds is 0. The van der Waals surface area contributed by atoms with Gasteiger partial charge in [0.1, 0.15) is 0 Å². The van der Waals surface area contributed by atoms with Crippen molar-refractivity contribution in [3.05, 3.63) is 0 Å². The molecule has 14 heavy (non-hydrogen) atoms. The normalized spacial score (nSPS) is 12.1. The Hall–Kier alpha value is 1.13. The van der Waals surface area contributed by atoms with Crippen molar-refractivity contribution < 1.29 is 20.1 Å². The molecule has 0 aromatic heterocycles. The van der Waals surface area contributed by atoms with E-state index in [9.17, 15) is 4.79 Å². The van der Waals surface area contributed by atoms with E-state index in [1.54, 1.807) is 0 Å². The van der Waals surface area contributed by atoms with Crippen molar-refractivity contribution in [2.75, 3.05) is 0 Å². The molecular weight excluding hydrogens is 325 g/mol. The van der Waals surface area contributed by atoms with Crippen LogP contribution in [0.4, 0.5) is 0 Å². The fraction of sp³-hybridized carbons (Fsp3) is 0.750. The molecule has 4 nitrogen and oxygen atoms in total. The van der Waals surface area contributed by atoms with Crippen molar-refractivity contribution in [3.63, 3.8) is 0 Å². The summed E-state index contributed by atoms with van der Waals surface area (Å²) >= 11 is 29.1. The summed E-state index contributed by atoms with van der Waals surface area (Å²) in [4.78, 5) is 9.62. The monoisotopic (exact) mass is 326 g/mol. The fourth-order valence-electron chi connectivity index (χ4n) is 0. The van der Waals surface area contributed by atoms with Gasteiger partial charge in [0.25, 0.3) is 3.79 Å². The maximum Gasteiger partial charge on any atom is 0.356 e. The van der Waals surface area contributed by atoms with Gasteiger partial charge in [-0.2, -0.15) is 0 Å². The first-order valence-electron chi connectivity index (χ1n) is 2.62. The Morgan fingerprint density at radius 2 is 1.14 bits per heavy atom. The minimum Gasteiger partial charge on any atom is -0.478 e. The molecule has 0 spiro atoms. The van der Waals surface area contributed by atoms with Gasteiger partial charge in [0.15, 0.2) is 6.29 Å². The van der Waals surface area contributed by atoms with E-state index in [1.165, 1.54) is 0 Å². The molecule has 0 unspecified atom stereocenters. The number of alkyl halides is 6. The molecule has 0 atom stereocenters. The number of hydrogen-bond acceptors (Lipinski definition) is 3. The Bertz CT molecular complexity index is 181. The van der Waals surface area contributed by atoms with E-state index in [2.05, 4.69) is 0 Å². The number of carboxylic acid groups (broad SMARTS) is 1. The summed E-state index contributed by atoms with van der Waals surface area (Å²) in [5.41, 5.74) is 0. The van der Waals surface area contributed by atoms with E-state index in [0.717, 1.165) is 0 Å². The highest BCUT2D eigenvalue weighted by molar-refractivity contribution is 6.75. The molecule has 0 saturated heterocycles. The molecule has 0 saturated carbocycles. The van der Waals surface area contributed by atoms with Crippen LogP contribution < -0.4 is 0 Å². The molecule has 0 fully saturated rings. The first-order valence-corrected chi connectivity index (χ1v) is 4.88. The molecule has 10 heteroatoms. The number of aliphatic carboxylic acids is 1. The summed E-state index contributed by atoms with van der Waals surface area (Å²) in [6.45, 7) is 0. The van der Waals surface area contributed by atoms with Crippen LogP contribution in [0.3, 0.4) is 0 Å². The predicted octanol–water partition coefficient (Wildman–Crippen LogP) is 2.11. The van der Waals surface area contributed by atoms with Crippen LogP contribution >= 0.6 is 69.6 Å². The summed E-state index contributed by atoms with van der Waals surface area (Å²) in [5.74, 6) is -1.46. The molecule has 0 rings (SSSR count). The number of aliphatic hydroxyl groups excluding tert-OH is 1. The number of carbonyl (C=O) groups is 1. The van der Waals surface area contributed by atoms with Crippen LogP contribution in [0.5, 0.6) is 0 Å². The third-order valence-corrected chi connectivity index (χ3v) is 1.61. The summed E-state index contributed by atoms with van der Waals surface area (Å²) in [5, 5.41) is 24.0. The third-order valence-electron chi connectivity index (χ3n) is 0.535. The number of halogens is 6. The minimum absolute atomic E-state index is 1.46. The predicted molar refractivity (Wildman–Crippen MR) is 56.4 cm³/mol. The highest BCUT2D eigenvalue weighted by Crippen LogP contribution is 2.28. The second-order valence-corrected chi connectivity index (χ2v) is 6.37. The van der Waals surface area contributed by atoms with E-state index in [4.69, 9.17) is 84.9 Å². The third kappa shape index (κ3) is 11.2. The SMILES string of the molecule is O=C(O)C(Cl)(Cl)Cl.OC(O)C(Cl)(Cl)Cl. The van der Waals surface area contributed by atoms with E-state index in [0.29, 0.717) is 0 Å². The van der Waals surface area contributed by atoms with E-state index < -0.39 is 19.8 Å². The molecular formula is C4H4Cl6O4. The zero-order chi connectivity index (χ0) is 12.2. The molecule has 3 N–H and O–H groups in total. The van der Waals surface area contributed by atoms with Gasteiger partial charge in [0.2, 0.25) is 3.79 Å². The van der Waals surface area contributed by atoms with Gasteiger partial charge in [0.05, 0.1) is 0 Å². The van der Waals surface area contributed by atoms with E-state index >= 15 is 0 Å². The van der Waals surface area contributed by atoms with Crippen molar-refractivity contribution in [2.45, 2.75) is 13.9 Å². The first-order chi connectivity index (χ1) is 5.89. The highest BCUT2D eigenvalue weighted by atomic mass is 35.6. The largest absolute Gasteiger partial charge is 0.478 e. The Kier molecular flexibility index (Phi) is 8.33. The number of aliphatic hydroxyl groups is 2. The summed E-state index contributed by atoms with van der Waals surface area (Å²) in [6, 6.07) is 0. The van der Waals surface area contributed by atoms with Crippen molar-refractivity contribution >= 4 is 75.6 Å². The lowest BCUT2D eigenvalue weighted by molar-refractivity contribution is -0.135. The van der Waals surface area contributed by atoms with Crippen molar-refractivity contribution in [3.8, 4) is 0 Å². The van der Waals surface area contributed by atoms with E-state index in [-0.39, 0.29) is 0 Å². The van der Waals surface area contributed by atoms with Crippen LogP contribution in [-0.4, -0.2) is 35.2 Å². The zero-order valence-electron chi connectivity index (χ0n) is 6.10. The van der Waals surface area contributed by atoms with Gasteiger partial charge in [0, 0.05) is 0 Å². The number of carboxylic acids is 1. The first kappa shape index (κ1) is 17.5. The van der Waals surface area contributed by atoms with Gasteiger partial charge in [-0.25, -0.2) is 4.79 Å². The standard InChI is InChI=1S/C2H3Cl3O2.C2HCl3O2/c2*3-2(4,5)1(6)7/h1,6-7H;(H,6,7). The van der Waals surface area contributed by atoms with Crippen molar-refractivity contribution in [1.82, 2.24) is 0 Å². The number of hydrogen-bond donors (Lipinski definition) is 3. The van der Waals surface area contributed by atoms with Crippen LogP contribution in [0, 0.1) is 0 Å². The van der Waals surface area contributed by atoms with Crippen molar-refractivity contribution in [2.24, 2.45) is 0 Å². The fourth-order valence-corrected chi connectivity index (χ4v) is 0. The van der Waals surface area contributed by atoms with E-state index in [1.807, 2.05) is 0 Å². The second kappa shape index (κ2) is 6.66. The summed E-state index contributed by atoms with van der Waals surface area (Å²) < 4.78 is -4.14. The van der Waals surface area contributed by atoms with Gasteiger partial charge in [-0.3, -0.25) is 0 Å². The second-order valence-electron chi connectivity index (χ2n) is 1.72. The van der Waals surface area contributed by atoms with Gasteiger partial charge in [-0.15, -0.1) is 0 Å². The van der Waals surface area contributed by atoms with Crippen LogP contribution in [0.1, 0.15) is 0 Å². The Morgan fingerprint density at radius 3 is 1.14 bits per heavy atom. The molecule has 0 aliphatic carbocycles. The maximum absolute atomic E-state index is 9.62. The lowest BCUT2D eigenvalue weighted by atomic mass is 10.8. The lowest BCUT2D eigenvalue weighted by Crippen LogP contribution is -2.23. The highest BCUT2D eigenvalue weighted by Gasteiger charge is 2.29. The molecule has 0 aliphatic heterocycles. The minimum atomic E-state index is -2.17. The molecule has 0 radical (unpaired) electrons. The molecule has 0 aromatic rings. The molecule has 86 valence electrons. The Balaban J connectivity index is 0. The Morgan fingerprint density at radius 1 is 1.00 bits per heavy atom. The van der Waals surface area contributed by atoms with Crippen LogP contribution in [0.25, 0.3) is 0 Å². The molecule has 0 heterocycles. The lowest BCUT2D eigenvalue weighted by Gasteiger charge is -2.10. The van der Waals surface area contributed by atoms with Crippen LogP contribution in [-0.2, 0) is 4.79 Å². The van der Waals surface area contributed by atoms with Gasteiger partial charge < -0.3 is 15.3 Å². The smallest absolute Gasteiger partial charge is 0.356 e. The van der Waals surface area contributed by atoms with Crippen LogP contribution in [0.15, 0.2) is 0 Å². The molecule has 0 aliphatic rings. The zero-order valence-corrected chi connectivity index (χ0v) is 10.6. The average Bonchev–Trinajstić information content (AvgIpc) is 1.83. The molecule has 0 amide bonds. The average molecular weight is 329 g/mol. The van der Waals surface area contributed by atoms with Crippen LogP contribution in [0.2, 0.25) is 0 Å². The van der Waals surface area contributed by atoms with Gasteiger partial charge in [-0.1, -0.05) is 69.6 Å². The summed E-state index contributed by atoms with van der Waals surface area (Å²) in [6.07, 6.45) is -1.91. The van der Waals surface area contributed by atoms with Crippen molar-refractivity contribution in [1.29, 1.82) is 0 Å². The quantitative estimate of drug-likeness (QED) is 0.470. The van der Waals surface area contributed by atoms with Gasteiger partial charge >= 0.3 is 5.97 Å². The van der Waals surface area contributed by atoms with Gasteiger partial charge in [-0.05, 0) is 0 Å². The topological polar surface area (TPSA) is 77.8 Å². The maximum atomic E-state index is 9.62. The summed E-state index contributed by atoms with van der Waals surface area (Å²) in [7, 11) is 0. The Labute approximate surface area is 109 Å².